The van der Waals surface area contributed by atoms with Crippen molar-refractivity contribution in [2.24, 2.45) is 10.7 Å². The lowest BCUT2D eigenvalue weighted by Crippen LogP contribution is -2.38. The van der Waals surface area contributed by atoms with E-state index in [1.165, 1.54) is 0 Å². The number of nitrogens with one attached hydrogen (secondary N) is 2. The van der Waals surface area contributed by atoms with E-state index in [4.69, 9.17) is 15.2 Å². The number of aliphatic imine (C=N–C) groups is 1. The normalized spacial score (nSPS) is 10.9. The molecule has 9 nitrogen and oxygen atoms in total. The summed E-state index contributed by atoms with van der Waals surface area (Å²) >= 11 is 0. The summed E-state index contributed by atoms with van der Waals surface area (Å²) in [5.41, 5.74) is 7.47. The molecule has 0 atom stereocenters. The zero-order chi connectivity index (χ0) is 22.8. The summed E-state index contributed by atoms with van der Waals surface area (Å²) < 4.78 is 10.7. The van der Waals surface area contributed by atoms with E-state index in [-0.39, 0.29) is 12.5 Å². The Bertz CT molecular complexity index is 928. The van der Waals surface area contributed by atoms with Gasteiger partial charge in [-0.15, -0.1) is 0 Å². The highest BCUT2D eigenvalue weighted by molar-refractivity contribution is 5.96. The number of ether oxygens (including phenoxy) is 2. The van der Waals surface area contributed by atoms with Crippen LogP contribution in [-0.4, -0.2) is 57.5 Å². The van der Waals surface area contributed by atoms with Gasteiger partial charge in [-0.2, -0.15) is 0 Å². The summed E-state index contributed by atoms with van der Waals surface area (Å²) in [7, 11) is 6.90. The molecule has 0 fully saturated rings. The van der Waals surface area contributed by atoms with E-state index in [9.17, 15) is 9.59 Å². The van der Waals surface area contributed by atoms with E-state index >= 15 is 0 Å². The number of hydrogen-bond acceptors (Lipinski definition) is 5. The zero-order valence-electron chi connectivity index (χ0n) is 18.3. The van der Waals surface area contributed by atoms with Crippen LogP contribution in [0, 0.1) is 0 Å². The fourth-order valence-electron chi connectivity index (χ4n) is 2.92. The first-order chi connectivity index (χ1) is 14.9. The minimum Gasteiger partial charge on any atom is -0.497 e. The molecule has 9 heteroatoms. The van der Waals surface area contributed by atoms with Crippen molar-refractivity contribution >= 4 is 17.8 Å². The first-order valence-electron chi connectivity index (χ1n) is 9.66. The smallest absolute Gasteiger partial charge is 0.251 e. The number of primary amides is 1. The zero-order valence-corrected chi connectivity index (χ0v) is 18.3. The van der Waals surface area contributed by atoms with Crippen molar-refractivity contribution in [2.45, 2.75) is 13.1 Å². The molecule has 2 rings (SSSR count). The van der Waals surface area contributed by atoms with Crippen LogP contribution in [0.2, 0.25) is 0 Å². The number of nitrogens with zero attached hydrogens (tertiary/aromatic N) is 2. The molecule has 166 valence electrons. The van der Waals surface area contributed by atoms with Crippen molar-refractivity contribution in [2.75, 3.05) is 34.9 Å². The molecule has 0 spiro atoms. The van der Waals surface area contributed by atoms with E-state index in [2.05, 4.69) is 15.6 Å². The van der Waals surface area contributed by atoms with Gasteiger partial charge in [-0.25, -0.2) is 0 Å². The maximum absolute atomic E-state index is 11.9. The van der Waals surface area contributed by atoms with Crippen molar-refractivity contribution in [1.29, 1.82) is 0 Å². The fourth-order valence-corrected chi connectivity index (χ4v) is 2.92. The quantitative estimate of drug-likeness (QED) is 0.408. The van der Waals surface area contributed by atoms with Gasteiger partial charge in [0.1, 0.15) is 11.5 Å². The Hall–Kier alpha value is -3.75. The van der Waals surface area contributed by atoms with Crippen LogP contribution >= 0.6 is 0 Å². The van der Waals surface area contributed by atoms with Crippen molar-refractivity contribution < 1.29 is 19.1 Å². The molecule has 2 aromatic rings. The van der Waals surface area contributed by atoms with Gasteiger partial charge in [0.05, 0.1) is 20.8 Å². The summed E-state index contributed by atoms with van der Waals surface area (Å²) in [6, 6.07) is 12.8. The third-order valence-corrected chi connectivity index (χ3v) is 4.57. The van der Waals surface area contributed by atoms with Gasteiger partial charge in [-0.1, -0.05) is 12.1 Å². The Morgan fingerprint density at radius 1 is 1.06 bits per heavy atom. The largest absolute Gasteiger partial charge is 0.497 e. The van der Waals surface area contributed by atoms with Crippen LogP contribution in [0.3, 0.4) is 0 Å². The highest BCUT2D eigenvalue weighted by Gasteiger charge is 2.12. The van der Waals surface area contributed by atoms with E-state index in [1.807, 2.05) is 42.3 Å². The summed E-state index contributed by atoms with van der Waals surface area (Å²) in [4.78, 5) is 29.0. The van der Waals surface area contributed by atoms with Gasteiger partial charge in [0, 0.05) is 44.4 Å². The van der Waals surface area contributed by atoms with Gasteiger partial charge in [-0.3, -0.25) is 14.6 Å². The SMILES string of the molecule is CN=C(NCc1ccc(C(=O)NCC(N)=O)cc1)N(C)Cc1ccc(OC)cc1OC. The predicted molar refractivity (Wildman–Crippen MR) is 119 cm³/mol. The predicted octanol–water partition coefficient (Wildman–Crippen LogP) is 1.13. The Labute approximate surface area is 182 Å². The van der Waals surface area contributed by atoms with Crippen molar-refractivity contribution in [3.8, 4) is 11.5 Å². The number of rotatable bonds is 9. The van der Waals surface area contributed by atoms with Gasteiger partial charge in [-0.05, 0) is 29.8 Å². The third-order valence-electron chi connectivity index (χ3n) is 4.57. The molecule has 0 heterocycles. The number of amides is 2. The summed E-state index contributed by atoms with van der Waals surface area (Å²) in [5.74, 6) is 1.25. The lowest BCUT2D eigenvalue weighted by Gasteiger charge is -2.23. The number of benzene rings is 2. The van der Waals surface area contributed by atoms with Crippen LogP contribution in [-0.2, 0) is 17.9 Å². The lowest BCUT2D eigenvalue weighted by molar-refractivity contribution is -0.117. The Kier molecular flexibility index (Phi) is 8.68. The number of hydrogen-bond donors (Lipinski definition) is 3. The molecule has 0 bridgehead atoms. The number of methoxy groups -OCH3 is 2. The van der Waals surface area contributed by atoms with Gasteiger partial charge in [0.25, 0.3) is 5.91 Å². The molecule has 0 saturated carbocycles. The average molecular weight is 428 g/mol. The standard InChI is InChI=1S/C22H29N5O4/c1-24-22(27(2)14-17-9-10-18(30-3)11-19(17)31-4)26-12-15-5-7-16(8-6-15)21(29)25-13-20(23)28/h5-11H,12-14H2,1-4H3,(H2,23,28)(H,24,26)(H,25,29). The molecular weight excluding hydrogens is 398 g/mol. The maximum atomic E-state index is 11.9. The summed E-state index contributed by atoms with van der Waals surface area (Å²) in [5, 5.41) is 5.76. The Balaban J connectivity index is 1.96. The number of carbonyl (C=O) groups is 2. The van der Waals surface area contributed by atoms with E-state index in [0.717, 1.165) is 22.6 Å². The van der Waals surface area contributed by atoms with Crippen LogP contribution < -0.4 is 25.8 Å². The fraction of sp³-hybridized carbons (Fsp3) is 0.318. The molecule has 0 aliphatic carbocycles. The topological polar surface area (TPSA) is 118 Å². The van der Waals surface area contributed by atoms with Crippen molar-refractivity contribution in [3.63, 3.8) is 0 Å². The Morgan fingerprint density at radius 3 is 2.35 bits per heavy atom. The van der Waals surface area contributed by atoms with Crippen LogP contribution in [0.15, 0.2) is 47.5 Å². The second-order valence-corrected chi connectivity index (χ2v) is 6.78. The number of nitrogens with two attached hydrogens (primary N) is 1. The average Bonchev–Trinajstić information content (AvgIpc) is 2.78. The molecule has 2 aromatic carbocycles. The minimum absolute atomic E-state index is 0.191. The Morgan fingerprint density at radius 2 is 1.77 bits per heavy atom. The molecule has 0 unspecified atom stereocenters. The molecule has 0 aliphatic heterocycles. The summed E-state index contributed by atoms with van der Waals surface area (Å²) in [6.45, 7) is 0.926. The molecule has 4 N–H and O–H groups in total. The number of guanidine groups is 1. The van der Waals surface area contributed by atoms with Crippen molar-refractivity contribution in [1.82, 2.24) is 15.5 Å². The lowest BCUT2D eigenvalue weighted by atomic mass is 10.1. The molecule has 0 saturated heterocycles. The van der Waals surface area contributed by atoms with Gasteiger partial charge in [0.15, 0.2) is 5.96 Å². The van der Waals surface area contributed by atoms with Gasteiger partial charge >= 0.3 is 0 Å². The van der Waals surface area contributed by atoms with E-state index in [0.29, 0.717) is 24.6 Å². The number of carbonyl (C=O) groups excluding carboxylic acids is 2. The van der Waals surface area contributed by atoms with Crippen LogP contribution in [0.4, 0.5) is 0 Å². The van der Waals surface area contributed by atoms with Crippen LogP contribution in [0.5, 0.6) is 11.5 Å². The highest BCUT2D eigenvalue weighted by Crippen LogP contribution is 2.25. The second kappa shape index (κ2) is 11.4. The second-order valence-electron chi connectivity index (χ2n) is 6.78. The molecule has 2 amide bonds. The van der Waals surface area contributed by atoms with Crippen LogP contribution in [0.25, 0.3) is 0 Å². The highest BCUT2D eigenvalue weighted by atomic mass is 16.5. The molecular formula is C22H29N5O4. The third kappa shape index (κ3) is 6.91. The van der Waals surface area contributed by atoms with Crippen molar-refractivity contribution in [3.05, 3.63) is 59.2 Å². The molecule has 0 aliphatic rings. The van der Waals surface area contributed by atoms with Gasteiger partial charge < -0.3 is 30.7 Å². The van der Waals surface area contributed by atoms with E-state index < -0.39 is 5.91 Å². The van der Waals surface area contributed by atoms with E-state index in [1.54, 1.807) is 33.4 Å². The monoisotopic (exact) mass is 427 g/mol. The first-order valence-corrected chi connectivity index (χ1v) is 9.66. The van der Waals surface area contributed by atoms with Gasteiger partial charge in [0.2, 0.25) is 5.91 Å². The molecule has 0 aromatic heterocycles. The maximum Gasteiger partial charge on any atom is 0.251 e. The summed E-state index contributed by atoms with van der Waals surface area (Å²) in [6.07, 6.45) is 0. The molecule has 0 radical (unpaired) electrons. The first kappa shape index (κ1) is 23.5. The minimum atomic E-state index is -0.586. The molecule has 31 heavy (non-hydrogen) atoms. The van der Waals surface area contributed by atoms with Crippen LogP contribution in [0.1, 0.15) is 21.5 Å².